The first-order valence-electron chi connectivity index (χ1n) is 8.36. The molecule has 0 radical (unpaired) electrons. The summed E-state index contributed by atoms with van der Waals surface area (Å²) in [4.78, 5) is 12.3. The van der Waals surface area contributed by atoms with Crippen molar-refractivity contribution in [2.45, 2.75) is 79.2 Å². The predicted molar refractivity (Wildman–Crippen MR) is 91.0 cm³/mol. The summed E-state index contributed by atoms with van der Waals surface area (Å²) >= 11 is 0. The number of carbonyl (C=O) groups excluding carboxylic acids is 1. The summed E-state index contributed by atoms with van der Waals surface area (Å²) < 4.78 is 0. The van der Waals surface area contributed by atoms with Gasteiger partial charge in [0, 0.05) is 11.6 Å². The van der Waals surface area contributed by atoms with Crippen molar-refractivity contribution in [1.82, 2.24) is 5.32 Å². The van der Waals surface area contributed by atoms with Crippen molar-refractivity contribution in [3.63, 3.8) is 0 Å². The van der Waals surface area contributed by atoms with E-state index in [1.54, 1.807) is 0 Å². The number of amides is 1. The van der Waals surface area contributed by atoms with Crippen LogP contribution in [-0.4, -0.2) is 11.9 Å². The van der Waals surface area contributed by atoms with Crippen molar-refractivity contribution in [1.29, 1.82) is 0 Å². The zero-order chi connectivity index (χ0) is 15.8. The fraction of sp³-hybridized carbons (Fsp3) is 0.632. The Morgan fingerprint density at radius 2 is 1.76 bits per heavy atom. The zero-order valence-corrected chi connectivity index (χ0v) is 14.4. The number of aryl methyl sites for hydroxylation is 2. The lowest BCUT2D eigenvalue weighted by Gasteiger charge is -2.15. The lowest BCUT2D eigenvalue weighted by molar-refractivity contribution is 0.0942. The summed E-state index contributed by atoms with van der Waals surface area (Å²) in [6, 6.07) is 4.42. The van der Waals surface area contributed by atoms with E-state index in [0.29, 0.717) is 0 Å². The zero-order valence-electron chi connectivity index (χ0n) is 14.4. The molecule has 2 heteroatoms. The van der Waals surface area contributed by atoms with Gasteiger partial charge in [0.1, 0.15) is 0 Å². The second kappa shape index (κ2) is 8.86. The molecule has 0 saturated heterocycles. The molecule has 0 aliphatic rings. The molecule has 118 valence electrons. The summed E-state index contributed by atoms with van der Waals surface area (Å²) in [7, 11) is 0. The second-order valence-corrected chi connectivity index (χ2v) is 6.39. The van der Waals surface area contributed by atoms with Crippen molar-refractivity contribution in [2.24, 2.45) is 0 Å². The lowest BCUT2D eigenvalue weighted by Crippen LogP contribution is -2.30. The van der Waals surface area contributed by atoms with Gasteiger partial charge < -0.3 is 5.32 Å². The largest absolute Gasteiger partial charge is 0.350 e. The van der Waals surface area contributed by atoms with Crippen LogP contribution >= 0.6 is 0 Å². The molecule has 0 aromatic heterocycles. The highest BCUT2D eigenvalue weighted by Crippen LogP contribution is 2.20. The molecule has 0 aliphatic carbocycles. The molecule has 1 rings (SSSR count). The molecule has 0 aliphatic heterocycles. The maximum atomic E-state index is 12.3. The van der Waals surface area contributed by atoms with E-state index >= 15 is 0 Å². The number of hydrogen-bond donors (Lipinski definition) is 1. The predicted octanol–water partition coefficient (Wildman–Crippen LogP) is 4.95. The van der Waals surface area contributed by atoms with Crippen LogP contribution in [0.15, 0.2) is 12.1 Å². The molecule has 1 aromatic carbocycles. The van der Waals surface area contributed by atoms with E-state index in [9.17, 15) is 4.79 Å². The summed E-state index contributed by atoms with van der Waals surface area (Å²) in [5, 5.41) is 3.00. The quantitative estimate of drug-likeness (QED) is 0.674. The molecule has 0 heterocycles. The molecule has 0 bridgehead atoms. The van der Waals surface area contributed by atoms with Gasteiger partial charge in [0.25, 0.3) is 5.91 Å². The van der Waals surface area contributed by atoms with Crippen molar-refractivity contribution >= 4 is 5.91 Å². The normalized spacial score (nSPS) is 11.0. The molecule has 21 heavy (non-hydrogen) atoms. The van der Waals surface area contributed by atoms with Crippen LogP contribution in [-0.2, 0) is 6.42 Å². The highest BCUT2D eigenvalue weighted by Gasteiger charge is 2.13. The number of nitrogens with one attached hydrogen (secondary N) is 1. The smallest absolute Gasteiger partial charge is 0.251 e. The summed E-state index contributed by atoms with van der Waals surface area (Å²) in [5.74, 6) is 0.0541. The molecule has 1 amide bonds. The number of benzene rings is 1. The van der Waals surface area contributed by atoms with Crippen LogP contribution in [0.1, 0.15) is 79.9 Å². The van der Waals surface area contributed by atoms with Crippen LogP contribution in [0.2, 0.25) is 0 Å². The van der Waals surface area contributed by atoms with E-state index in [1.165, 1.54) is 43.2 Å². The maximum Gasteiger partial charge on any atom is 0.251 e. The van der Waals surface area contributed by atoms with Crippen LogP contribution in [0, 0.1) is 13.8 Å². The molecule has 1 N–H and O–H groups in total. The highest BCUT2D eigenvalue weighted by atomic mass is 16.1. The topological polar surface area (TPSA) is 29.1 Å². The first-order chi connectivity index (χ1) is 9.95. The van der Waals surface area contributed by atoms with E-state index < -0.39 is 0 Å². The molecule has 2 nitrogen and oxygen atoms in total. The Balaban J connectivity index is 2.76. The SMILES string of the molecule is CCCCCCCc1cc(C)cc(C(=O)NC(C)C)c1C. The van der Waals surface area contributed by atoms with E-state index in [-0.39, 0.29) is 11.9 Å². The van der Waals surface area contributed by atoms with Gasteiger partial charge in [-0.25, -0.2) is 0 Å². The summed E-state index contributed by atoms with van der Waals surface area (Å²) in [6.07, 6.45) is 7.52. The first kappa shape index (κ1) is 17.7. The lowest BCUT2D eigenvalue weighted by atomic mass is 9.94. The Morgan fingerprint density at radius 1 is 1.10 bits per heavy atom. The van der Waals surface area contributed by atoms with Gasteiger partial charge >= 0.3 is 0 Å². The molecule has 0 fully saturated rings. The third-order valence-corrected chi connectivity index (χ3v) is 3.87. The molecule has 1 aromatic rings. The Bertz CT molecular complexity index is 463. The van der Waals surface area contributed by atoms with Crippen molar-refractivity contribution in [3.8, 4) is 0 Å². The van der Waals surface area contributed by atoms with Gasteiger partial charge in [-0.2, -0.15) is 0 Å². The van der Waals surface area contributed by atoms with Gasteiger partial charge in [-0.3, -0.25) is 4.79 Å². The van der Waals surface area contributed by atoms with Crippen molar-refractivity contribution < 1.29 is 4.79 Å². The Morgan fingerprint density at radius 3 is 2.38 bits per heavy atom. The fourth-order valence-electron chi connectivity index (χ4n) is 2.69. The first-order valence-corrected chi connectivity index (χ1v) is 8.36. The number of unbranched alkanes of at least 4 members (excludes halogenated alkanes) is 4. The molecule has 0 unspecified atom stereocenters. The van der Waals surface area contributed by atoms with Crippen LogP contribution in [0.5, 0.6) is 0 Å². The van der Waals surface area contributed by atoms with Gasteiger partial charge in [-0.1, -0.05) is 44.2 Å². The van der Waals surface area contributed by atoms with Gasteiger partial charge in [-0.15, -0.1) is 0 Å². The average molecular weight is 289 g/mol. The van der Waals surface area contributed by atoms with Crippen LogP contribution in [0.3, 0.4) is 0 Å². The Hall–Kier alpha value is -1.31. The number of hydrogen-bond acceptors (Lipinski definition) is 1. The minimum absolute atomic E-state index is 0.0541. The van der Waals surface area contributed by atoms with Gasteiger partial charge in [0.15, 0.2) is 0 Å². The Labute approximate surface area is 130 Å². The standard InChI is InChI=1S/C19H31NO/c1-6-7-8-9-10-11-17-12-15(4)13-18(16(17)5)19(21)20-14(2)3/h12-14H,6-11H2,1-5H3,(H,20,21). The van der Waals surface area contributed by atoms with Crippen molar-refractivity contribution in [2.75, 3.05) is 0 Å². The number of carbonyl (C=O) groups is 1. The number of rotatable bonds is 8. The van der Waals surface area contributed by atoms with E-state index in [0.717, 1.165) is 17.5 Å². The van der Waals surface area contributed by atoms with Gasteiger partial charge in [0.05, 0.1) is 0 Å². The highest BCUT2D eigenvalue weighted by molar-refractivity contribution is 5.96. The third-order valence-electron chi connectivity index (χ3n) is 3.87. The minimum atomic E-state index is 0.0541. The van der Waals surface area contributed by atoms with E-state index in [4.69, 9.17) is 0 Å². The van der Waals surface area contributed by atoms with Crippen LogP contribution in [0.4, 0.5) is 0 Å². The van der Waals surface area contributed by atoms with E-state index in [1.807, 2.05) is 19.9 Å². The summed E-state index contributed by atoms with van der Waals surface area (Å²) in [5.41, 5.74) is 4.50. The van der Waals surface area contributed by atoms with Crippen LogP contribution < -0.4 is 5.32 Å². The van der Waals surface area contributed by atoms with Crippen LogP contribution in [0.25, 0.3) is 0 Å². The molecule has 0 atom stereocenters. The average Bonchev–Trinajstić information content (AvgIpc) is 2.41. The molecular formula is C19H31NO. The van der Waals surface area contributed by atoms with Gasteiger partial charge in [-0.05, 0) is 57.7 Å². The summed E-state index contributed by atoms with van der Waals surface area (Å²) in [6.45, 7) is 10.4. The third kappa shape index (κ3) is 5.91. The molecular weight excluding hydrogens is 258 g/mol. The minimum Gasteiger partial charge on any atom is -0.350 e. The Kier molecular flexibility index (Phi) is 7.49. The fourth-order valence-corrected chi connectivity index (χ4v) is 2.69. The molecule has 0 spiro atoms. The molecule has 0 saturated carbocycles. The van der Waals surface area contributed by atoms with Gasteiger partial charge in [0.2, 0.25) is 0 Å². The van der Waals surface area contributed by atoms with E-state index in [2.05, 4.69) is 32.2 Å². The second-order valence-electron chi connectivity index (χ2n) is 6.39. The monoisotopic (exact) mass is 289 g/mol. The maximum absolute atomic E-state index is 12.3. The van der Waals surface area contributed by atoms with Crippen molar-refractivity contribution in [3.05, 3.63) is 34.4 Å².